The topological polar surface area (TPSA) is 35.8 Å². The van der Waals surface area contributed by atoms with Gasteiger partial charge in [-0.15, -0.1) is 0 Å². The summed E-state index contributed by atoms with van der Waals surface area (Å²) in [6.07, 6.45) is 2.01. The molecule has 0 saturated carbocycles. The van der Waals surface area contributed by atoms with E-state index in [0.29, 0.717) is 0 Å². The molecule has 0 aliphatic rings. The number of methoxy groups -OCH3 is 2. The molecule has 0 fully saturated rings. The molecule has 2 aromatic heterocycles. The van der Waals surface area contributed by atoms with Crippen LogP contribution in [-0.2, 0) is 0 Å². The summed E-state index contributed by atoms with van der Waals surface area (Å²) in [5.74, 6) is 1.51. The summed E-state index contributed by atoms with van der Waals surface area (Å²) in [6.45, 7) is 2.05. The molecule has 5 heteroatoms. The van der Waals surface area contributed by atoms with Crippen LogP contribution in [0.25, 0.3) is 16.9 Å². The van der Waals surface area contributed by atoms with Crippen LogP contribution in [0.2, 0.25) is 0 Å². The third kappa shape index (κ3) is 2.38. The molecule has 0 saturated heterocycles. The van der Waals surface area contributed by atoms with Gasteiger partial charge in [0.25, 0.3) is 0 Å². The number of ether oxygens (including phenoxy) is 2. The Labute approximate surface area is 131 Å². The van der Waals surface area contributed by atoms with Crippen LogP contribution in [0.3, 0.4) is 0 Å². The Kier molecular flexibility index (Phi) is 3.59. The van der Waals surface area contributed by atoms with Crippen molar-refractivity contribution in [1.29, 1.82) is 0 Å². The van der Waals surface area contributed by atoms with E-state index in [1.165, 1.54) is 0 Å². The molecule has 3 aromatic rings. The maximum absolute atomic E-state index is 5.45. The van der Waals surface area contributed by atoms with Crippen molar-refractivity contribution in [2.75, 3.05) is 14.2 Å². The fourth-order valence-corrected chi connectivity index (χ4v) is 2.63. The van der Waals surface area contributed by atoms with Gasteiger partial charge >= 0.3 is 0 Å². The molecule has 0 amide bonds. The van der Waals surface area contributed by atoms with Crippen LogP contribution in [0.4, 0.5) is 0 Å². The summed E-state index contributed by atoms with van der Waals surface area (Å²) in [5, 5.41) is 0. The van der Waals surface area contributed by atoms with Crippen LogP contribution in [0.15, 0.2) is 41.0 Å². The third-order valence-corrected chi connectivity index (χ3v) is 4.34. The Morgan fingerprint density at radius 2 is 1.90 bits per heavy atom. The van der Waals surface area contributed by atoms with Gasteiger partial charge in [0.1, 0.15) is 17.1 Å². The molecule has 4 nitrogen and oxygen atoms in total. The fraction of sp³-hybridized carbons (Fsp3) is 0.188. The highest BCUT2D eigenvalue weighted by Crippen LogP contribution is 2.33. The number of hydrogen-bond acceptors (Lipinski definition) is 3. The summed E-state index contributed by atoms with van der Waals surface area (Å²) >= 11 is 3.54. The van der Waals surface area contributed by atoms with Crippen LogP contribution < -0.4 is 9.47 Å². The Hall–Kier alpha value is -2.01. The number of hydrogen-bond donors (Lipinski definition) is 0. The molecule has 21 heavy (non-hydrogen) atoms. The van der Waals surface area contributed by atoms with Crippen molar-refractivity contribution in [2.45, 2.75) is 6.92 Å². The Morgan fingerprint density at radius 1 is 1.10 bits per heavy atom. The minimum atomic E-state index is 0.745. The second-order valence-electron chi connectivity index (χ2n) is 4.69. The number of nitrogens with zero attached hydrogens (tertiary/aromatic N) is 2. The van der Waals surface area contributed by atoms with Gasteiger partial charge < -0.3 is 13.9 Å². The maximum Gasteiger partial charge on any atom is 0.137 e. The molecule has 3 rings (SSSR count). The first kappa shape index (κ1) is 13.9. The minimum Gasteiger partial charge on any atom is -0.497 e. The van der Waals surface area contributed by atoms with E-state index in [1.54, 1.807) is 14.2 Å². The van der Waals surface area contributed by atoms with Gasteiger partial charge in [-0.2, -0.15) is 0 Å². The zero-order valence-corrected chi connectivity index (χ0v) is 13.6. The van der Waals surface area contributed by atoms with Crippen molar-refractivity contribution >= 4 is 21.6 Å². The first-order valence-corrected chi connectivity index (χ1v) is 7.30. The zero-order valence-electron chi connectivity index (χ0n) is 12.1. The predicted molar refractivity (Wildman–Crippen MR) is 86.2 cm³/mol. The van der Waals surface area contributed by atoms with E-state index in [-0.39, 0.29) is 0 Å². The molecule has 0 bridgehead atoms. The SMILES string of the molecule is COc1ccc(-c2cn3c(C)c(Br)ccc3n2)c(OC)c1. The molecule has 0 radical (unpaired) electrons. The highest BCUT2D eigenvalue weighted by atomic mass is 79.9. The number of benzene rings is 1. The van der Waals surface area contributed by atoms with Gasteiger partial charge in [0.05, 0.1) is 19.9 Å². The van der Waals surface area contributed by atoms with E-state index < -0.39 is 0 Å². The van der Waals surface area contributed by atoms with Gasteiger partial charge in [0.2, 0.25) is 0 Å². The van der Waals surface area contributed by atoms with Gasteiger partial charge in [-0.25, -0.2) is 4.98 Å². The number of aromatic nitrogens is 2. The van der Waals surface area contributed by atoms with Crippen molar-refractivity contribution in [3.05, 3.63) is 46.7 Å². The maximum atomic E-state index is 5.45. The van der Waals surface area contributed by atoms with Crippen molar-refractivity contribution in [3.63, 3.8) is 0 Å². The first-order chi connectivity index (χ1) is 10.1. The molecule has 0 aliphatic heterocycles. The van der Waals surface area contributed by atoms with E-state index in [2.05, 4.69) is 25.3 Å². The van der Waals surface area contributed by atoms with Gasteiger partial charge in [-0.1, -0.05) is 0 Å². The molecule has 0 N–H and O–H groups in total. The Bertz CT molecular complexity index is 811. The number of halogens is 1. The molecular formula is C16H15BrN2O2. The average Bonchev–Trinajstić information content (AvgIpc) is 2.95. The molecule has 1 aromatic carbocycles. The molecule has 0 aliphatic carbocycles. The quantitative estimate of drug-likeness (QED) is 0.716. The van der Waals surface area contributed by atoms with E-state index >= 15 is 0 Å². The van der Waals surface area contributed by atoms with E-state index in [9.17, 15) is 0 Å². The van der Waals surface area contributed by atoms with Gasteiger partial charge in [-0.05, 0) is 47.1 Å². The second kappa shape index (κ2) is 5.41. The lowest BCUT2D eigenvalue weighted by molar-refractivity contribution is 0.395. The van der Waals surface area contributed by atoms with E-state index in [4.69, 9.17) is 9.47 Å². The standard InChI is InChI=1S/C16H15BrN2O2/c1-10-13(17)6-7-16-18-14(9-19(10)16)12-5-4-11(20-2)8-15(12)21-3/h4-9H,1-3H3. The van der Waals surface area contributed by atoms with Gasteiger partial charge in [-0.3, -0.25) is 0 Å². The number of rotatable bonds is 3. The predicted octanol–water partition coefficient (Wildman–Crippen LogP) is 4.09. The van der Waals surface area contributed by atoms with Crippen molar-refractivity contribution < 1.29 is 9.47 Å². The van der Waals surface area contributed by atoms with Crippen molar-refractivity contribution in [3.8, 4) is 22.8 Å². The van der Waals surface area contributed by atoms with Gasteiger partial charge in [0, 0.05) is 28.0 Å². The molecule has 2 heterocycles. The van der Waals surface area contributed by atoms with Crippen LogP contribution in [-0.4, -0.2) is 23.6 Å². The number of pyridine rings is 1. The summed E-state index contributed by atoms with van der Waals surface area (Å²) in [4.78, 5) is 4.67. The molecule has 0 unspecified atom stereocenters. The lowest BCUT2D eigenvalue weighted by Crippen LogP contribution is -1.90. The lowest BCUT2D eigenvalue weighted by atomic mass is 10.1. The highest BCUT2D eigenvalue weighted by Gasteiger charge is 2.12. The summed E-state index contributed by atoms with van der Waals surface area (Å²) < 4.78 is 13.8. The Balaban J connectivity index is 2.18. The molecule has 0 spiro atoms. The first-order valence-electron chi connectivity index (χ1n) is 6.50. The second-order valence-corrected chi connectivity index (χ2v) is 5.54. The molecule has 108 valence electrons. The largest absolute Gasteiger partial charge is 0.497 e. The normalized spacial score (nSPS) is 10.9. The number of imidazole rings is 1. The van der Waals surface area contributed by atoms with Crippen LogP contribution in [0, 0.1) is 6.92 Å². The summed E-state index contributed by atoms with van der Waals surface area (Å²) in [7, 11) is 3.29. The molecular weight excluding hydrogens is 332 g/mol. The number of fused-ring (bicyclic) bond motifs is 1. The zero-order chi connectivity index (χ0) is 15.0. The Morgan fingerprint density at radius 3 is 2.62 bits per heavy atom. The molecule has 0 atom stereocenters. The van der Waals surface area contributed by atoms with Crippen LogP contribution >= 0.6 is 15.9 Å². The van der Waals surface area contributed by atoms with Crippen molar-refractivity contribution in [2.24, 2.45) is 0 Å². The number of aryl methyl sites for hydroxylation is 1. The third-order valence-electron chi connectivity index (χ3n) is 3.50. The lowest BCUT2D eigenvalue weighted by Gasteiger charge is -2.08. The highest BCUT2D eigenvalue weighted by molar-refractivity contribution is 9.10. The monoisotopic (exact) mass is 346 g/mol. The smallest absolute Gasteiger partial charge is 0.137 e. The minimum absolute atomic E-state index is 0.745. The average molecular weight is 347 g/mol. The van der Waals surface area contributed by atoms with E-state index in [0.717, 1.165) is 38.6 Å². The fourth-order valence-electron chi connectivity index (χ4n) is 2.30. The summed E-state index contributed by atoms with van der Waals surface area (Å²) in [5.41, 5.74) is 3.83. The van der Waals surface area contributed by atoms with E-state index in [1.807, 2.05) is 43.5 Å². The van der Waals surface area contributed by atoms with Crippen LogP contribution in [0.1, 0.15) is 5.69 Å². The summed E-state index contributed by atoms with van der Waals surface area (Å²) in [6, 6.07) is 9.72. The van der Waals surface area contributed by atoms with Crippen molar-refractivity contribution in [1.82, 2.24) is 9.38 Å². The van der Waals surface area contributed by atoms with Crippen LogP contribution in [0.5, 0.6) is 11.5 Å². The van der Waals surface area contributed by atoms with Gasteiger partial charge in [0.15, 0.2) is 0 Å².